The maximum absolute atomic E-state index is 12.7. The molecule has 0 fully saturated rings. The molecule has 0 heterocycles. The molecular weight excluding hydrogens is 313 g/mol. The summed E-state index contributed by atoms with van der Waals surface area (Å²) in [5.41, 5.74) is -1.55. The number of alkyl halides is 3. The minimum absolute atomic E-state index is 0.222. The van der Waals surface area contributed by atoms with Gasteiger partial charge in [0, 0.05) is 4.47 Å². The minimum atomic E-state index is -4.63. The van der Waals surface area contributed by atoms with Gasteiger partial charge in [0.05, 0.1) is 17.2 Å². The number of hydrogen-bond donors (Lipinski definition) is 1. The van der Waals surface area contributed by atoms with Gasteiger partial charge in [-0.2, -0.15) is 18.4 Å². The van der Waals surface area contributed by atoms with Crippen LogP contribution in [0.15, 0.2) is 22.7 Å². The summed E-state index contributed by atoms with van der Waals surface area (Å²) in [6.07, 6.45) is -4.63. The van der Waals surface area contributed by atoms with Crippen molar-refractivity contribution in [1.82, 2.24) is 5.32 Å². The summed E-state index contributed by atoms with van der Waals surface area (Å²) < 4.78 is 38.4. The first-order valence-corrected chi connectivity index (χ1v) is 5.62. The van der Waals surface area contributed by atoms with Crippen LogP contribution in [-0.4, -0.2) is 11.9 Å². The lowest BCUT2D eigenvalue weighted by molar-refractivity contribution is -0.138. The van der Waals surface area contributed by atoms with Crippen molar-refractivity contribution in [1.29, 1.82) is 5.26 Å². The van der Waals surface area contributed by atoms with Gasteiger partial charge < -0.3 is 5.32 Å². The maximum atomic E-state index is 12.7. The van der Waals surface area contributed by atoms with Gasteiger partial charge in [-0.1, -0.05) is 15.9 Å². The van der Waals surface area contributed by atoms with Crippen molar-refractivity contribution < 1.29 is 18.0 Å². The number of rotatable bonds is 2. The number of hydrogen-bond acceptors (Lipinski definition) is 2. The van der Waals surface area contributed by atoms with Crippen LogP contribution < -0.4 is 5.32 Å². The molecule has 1 aromatic carbocycles. The zero-order valence-electron chi connectivity index (χ0n) is 9.18. The predicted octanol–water partition coefficient (Wildman–Crippen LogP) is 3.11. The van der Waals surface area contributed by atoms with Crippen LogP contribution in [-0.2, 0) is 6.18 Å². The van der Waals surface area contributed by atoms with Gasteiger partial charge in [-0.15, -0.1) is 0 Å². The molecule has 0 saturated heterocycles. The zero-order chi connectivity index (χ0) is 13.9. The Morgan fingerprint density at radius 2 is 2.11 bits per heavy atom. The highest BCUT2D eigenvalue weighted by Gasteiger charge is 2.35. The Balaban J connectivity index is 3.17. The summed E-state index contributed by atoms with van der Waals surface area (Å²) in [5.74, 6) is -0.927. The molecule has 1 rings (SSSR count). The molecule has 96 valence electrons. The summed E-state index contributed by atoms with van der Waals surface area (Å²) in [6, 6.07) is 4.08. The average molecular weight is 321 g/mol. The van der Waals surface area contributed by atoms with Gasteiger partial charge in [-0.3, -0.25) is 4.79 Å². The van der Waals surface area contributed by atoms with Crippen LogP contribution >= 0.6 is 15.9 Å². The van der Waals surface area contributed by atoms with Crippen molar-refractivity contribution in [2.75, 3.05) is 0 Å². The molecule has 3 nitrogen and oxygen atoms in total. The van der Waals surface area contributed by atoms with E-state index in [0.717, 1.165) is 12.1 Å². The van der Waals surface area contributed by atoms with Crippen molar-refractivity contribution in [3.8, 4) is 6.07 Å². The first-order valence-electron chi connectivity index (χ1n) is 4.83. The molecule has 7 heteroatoms. The third kappa shape index (κ3) is 3.47. The Hall–Kier alpha value is -1.55. The molecule has 0 radical (unpaired) electrons. The monoisotopic (exact) mass is 320 g/mol. The van der Waals surface area contributed by atoms with Gasteiger partial charge in [0.25, 0.3) is 5.91 Å². The molecule has 1 aromatic rings. The molecule has 0 saturated carbocycles. The highest BCUT2D eigenvalue weighted by Crippen LogP contribution is 2.33. The normalized spacial score (nSPS) is 12.7. The molecule has 0 aliphatic carbocycles. The first kappa shape index (κ1) is 14.5. The third-order valence-electron chi connectivity index (χ3n) is 2.07. The first-order chi connectivity index (χ1) is 8.25. The molecule has 0 aliphatic heterocycles. The Morgan fingerprint density at radius 1 is 1.50 bits per heavy atom. The van der Waals surface area contributed by atoms with Crippen molar-refractivity contribution in [3.05, 3.63) is 33.8 Å². The SMILES string of the molecule is C[C@H](C#N)NC(=O)c1ccc(Br)cc1C(F)(F)F. The summed E-state index contributed by atoms with van der Waals surface area (Å²) in [5, 5.41) is 10.7. The third-order valence-corrected chi connectivity index (χ3v) is 2.57. The number of carbonyl (C=O) groups excluding carboxylic acids is 1. The molecule has 1 N–H and O–H groups in total. The second-order valence-corrected chi connectivity index (χ2v) is 4.43. The number of carbonyl (C=O) groups is 1. The van der Waals surface area contributed by atoms with Crippen molar-refractivity contribution in [2.45, 2.75) is 19.1 Å². The fourth-order valence-electron chi connectivity index (χ4n) is 1.26. The highest BCUT2D eigenvalue weighted by atomic mass is 79.9. The molecule has 0 unspecified atom stereocenters. The number of benzene rings is 1. The number of nitriles is 1. The van der Waals surface area contributed by atoms with Gasteiger partial charge >= 0.3 is 6.18 Å². The maximum Gasteiger partial charge on any atom is 0.417 e. The lowest BCUT2D eigenvalue weighted by Gasteiger charge is -2.14. The van der Waals surface area contributed by atoms with Crippen LogP contribution in [0.2, 0.25) is 0 Å². The topological polar surface area (TPSA) is 52.9 Å². The quantitative estimate of drug-likeness (QED) is 0.910. The van der Waals surface area contributed by atoms with Crippen molar-refractivity contribution in [3.63, 3.8) is 0 Å². The van der Waals surface area contributed by atoms with Gasteiger partial charge in [0.2, 0.25) is 0 Å². The van der Waals surface area contributed by atoms with Crippen LogP contribution in [0.3, 0.4) is 0 Å². The highest BCUT2D eigenvalue weighted by molar-refractivity contribution is 9.10. The van der Waals surface area contributed by atoms with Gasteiger partial charge in [0.1, 0.15) is 6.04 Å². The van der Waals surface area contributed by atoms with E-state index in [1.165, 1.54) is 13.0 Å². The number of halogens is 4. The summed E-state index contributed by atoms with van der Waals surface area (Å²) in [7, 11) is 0. The van der Waals surface area contributed by atoms with Crippen molar-refractivity contribution in [2.24, 2.45) is 0 Å². The van der Waals surface area contributed by atoms with E-state index in [1.54, 1.807) is 6.07 Å². The Kier molecular flexibility index (Phi) is 4.35. The molecule has 0 aliphatic rings. The molecule has 0 spiro atoms. The van der Waals surface area contributed by atoms with Crippen LogP contribution in [0.25, 0.3) is 0 Å². The molecule has 0 bridgehead atoms. The van der Waals surface area contributed by atoms with E-state index in [-0.39, 0.29) is 4.47 Å². The van der Waals surface area contributed by atoms with Crippen LogP contribution in [0.5, 0.6) is 0 Å². The Morgan fingerprint density at radius 3 is 2.61 bits per heavy atom. The van der Waals surface area contributed by atoms with Crippen LogP contribution in [0.4, 0.5) is 13.2 Å². The molecule has 18 heavy (non-hydrogen) atoms. The summed E-state index contributed by atoms with van der Waals surface area (Å²) >= 11 is 2.92. The molecule has 1 atom stereocenters. The fraction of sp³-hybridized carbons (Fsp3) is 0.273. The minimum Gasteiger partial charge on any atom is -0.337 e. The smallest absolute Gasteiger partial charge is 0.337 e. The second kappa shape index (κ2) is 5.40. The van der Waals surface area contributed by atoms with Crippen LogP contribution in [0.1, 0.15) is 22.8 Å². The number of nitrogens with one attached hydrogen (secondary N) is 1. The lowest BCUT2D eigenvalue weighted by atomic mass is 10.1. The largest absolute Gasteiger partial charge is 0.417 e. The summed E-state index contributed by atoms with van der Waals surface area (Å²) in [4.78, 5) is 11.6. The van der Waals surface area contributed by atoms with Crippen LogP contribution in [0, 0.1) is 11.3 Å². The van der Waals surface area contributed by atoms with E-state index < -0.39 is 29.3 Å². The van der Waals surface area contributed by atoms with E-state index in [0.29, 0.717) is 0 Å². The van der Waals surface area contributed by atoms with E-state index in [9.17, 15) is 18.0 Å². The van der Waals surface area contributed by atoms with E-state index in [2.05, 4.69) is 21.2 Å². The molecule has 1 amide bonds. The zero-order valence-corrected chi connectivity index (χ0v) is 10.8. The average Bonchev–Trinajstić information content (AvgIpc) is 2.27. The van der Waals surface area contributed by atoms with Gasteiger partial charge in [-0.25, -0.2) is 0 Å². The van der Waals surface area contributed by atoms with E-state index in [4.69, 9.17) is 5.26 Å². The molecule has 0 aromatic heterocycles. The molecular formula is C11H8BrF3N2O. The van der Waals surface area contributed by atoms with Crippen molar-refractivity contribution >= 4 is 21.8 Å². The fourth-order valence-corrected chi connectivity index (χ4v) is 1.62. The van der Waals surface area contributed by atoms with E-state index >= 15 is 0 Å². The van der Waals surface area contributed by atoms with Gasteiger partial charge in [-0.05, 0) is 25.1 Å². The Labute approximate surface area is 110 Å². The Bertz CT molecular complexity index is 508. The standard InChI is InChI=1S/C11H8BrF3N2O/c1-6(5-16)17-10(18)8-3-2-7(12)4-9(8)11(13,14)15/h2-4,6H,1H3,(H,17,18)/t6-/m1/s1. The lowest BCUT2D eigenvalue weighted by Crippen LogP contribution is -2.32. The van der Waals surface area contributed by atoms with E-state index in [1.807, 2.05) is 0 Å². The second-order valence-electron chi connectivity index (χ2n) is 3.51. The van der Waals surface area contributed by atoms with Gasteiger partial charge in [0.15, 0.2) is 0 Å². The number of amides is 1. The number of nitrogens with zero attached hydrogens (tertiary/aromatic N) is 1. The summed E-state index contributed by atoms with van der Waals surface area (Å²) in [6.45, 7) is 1.38. The predicted molar refractivity (Wildman–Crippen MR) is 61.7 cm³/mol.